The van der Waals surface area contributed by atoms with Crippen LogP contribution in [0, 0.1) is 0 Å². The van der Waals surface area contributed by atoms with E-state index in [2.05, 4.69) is 28.9 Å². The molecule has 12 heavy (non-hydrogen) atoms. The summed E-state index contributed by atoms with van der Waals surface area (Å²) in [5.41, 5.74) is 6.61. The summed E-state index contributed by atoms with van der Waals surface area (Å²) in [6.45, 7) is 1.78. The molecular weight excluding hydrogens is 150 g/mol. The predicted octanol–water partition coefficient (Wildman–Crippen LogP) is 0.618. The van der Waals surface area contributed by atoms with Crippen molar-refractivity contribution in [3.8, 4) is 0 Å². The summed E-state index contributed by atoms with van der Waals surface area (Å²) in [4.78, 5) is 0. The van der Waals surface area contributed by atoms with Crippen molar-refractivity contribution in [2.45, 2.75) is 13.0 Å². The monoisotopic (exact) mass is 163 g/mol. The second-order valence-corrected chi connectivity index (χ2v) is 3.01. The third-order valence-corrected chi connectivity index (χ3v) is 2.23. The van der Waals surface area contributed by atoms with Gasteiger partial charge < -0.3 is 5.32 Å². The summed E-state index contributed by atoms with van der Waals surface area (Å²) in [7, 11) is 0. The van der Waals surface area contributed by atoms with E-state index in [0.717, 1.165) is 19.5 Å². The molecule has 0 radical (unpaired) electrons. The smallest absolute Gasteiger partial charge is 0.0419 e. The molecule has 1 aliphatic heterocycles. The van der Waals surface area contributed by atoms with Gasteiger partial charge in [0.25, 0.3) is 0 Å². The van der Waals surface area contributed by atoms with Crippen LogP contribution in [0.1, 0.15) is 11.1 Å². The Bertz CT molecular complexity index is 283. The average molecular weight is 163 g/mol. The first-order valence-electron chi connectivity index (χ1n) is 4.20. The first-order valence-corrected chi connectivity index (χ1v) is 4.20. The topological polar surface area (TPSA) is 50.1 Å². The number of nitrogens with one attached hydrogen (secondary N) is 2. The van der Waals surface area contributed by atoms with Crippen LogP contribution in [0.4, 0.5) is 5.69 Å². The van der Waals surface area contributed by atoms with Crippen molar-refractivity contribution in [1.82, 2.24) is 5.43 Å². The molecule has 1 aliphatic rings. The van der Waals surface area contributed by atoms with Gasteiger partial charge in [-0.3, -0.25) is 11.3 Å². The van der Waals surface area contributed by atoms with Crippen molar-refractivity contribution in [1.29, 1.82) is 0 Å². The molecule has 1 aromatic carbocycles. The standard InChI is InChI=1S/C9H13N3/c10-12-6-8-3-1-2-7-4-5-11-9(7)8/h1-3,11-12H,4-6,10H2. The summed E-state index contributed by atoms with van der Waals surface area (Å²) < 4.78 is 0. The highest BCUT2D eigenvalue weighted by atomic mass is 15.2. The molecule has 0 unspecified atom stereocenters. The van der Waals surface area contributed by atoms with E-state index in [-0.39, 0.29) is 0 Å². The van der Waals surface area contributed by atoms with E-state index in [1.54, 1.807) is 0 Å². The van der Waals surface area contributed by atoms with Crippen LogP contribution >= 0.6 is 0 Å². The van der Waals surface area contributed by atoms with Gasteiger partial charge in [0.05, 0.1) is 0 Å². The van der Waals surface area contributed by atoms with Crippen molar-refractivity contribution in [3.05, 3.63) is 29.3 Å². The summed E-state index contributed by atoms with van der Waals surface area (Å²) >= 11 is 0. The minimum Gasteiger partial charge on any atom is -0.384 e. The van der Waals surface area contributed by atoms with Crippen LogP contribution in [0.25, 0.3) is 0 Å². The first-order chi connectivity index (χ1) is 5.92. The molecule has 0 fully saturated rings. The average Bonchev–Trinajstić information content (AvgIpc) is 2.53. The van der Waals surface area contributed by atoms with Gasteiger partial charge in [0.2, 0.25) is 0 Å². The van der Waals surface area contributed by atoms with Gasteiger partial charge in [-0.2, -0.15) is 0 Å². The Morgan fingerprint density at radius 2 is 2.42 bits per heavy atom. The Kier molecular flexibility index (Phi) is 1.98. The predicted molar refractivity (Wildman–Crippen MR) is 49.7 cm³/mol. The van der Waals surface area contributed by atoms with Crippen LogP contribution in [0.2, 0.25) is 0 Å². The lowest BCUT2D eigenvalue weighted by Gasteiger charge is -2.07. The molecule has 0 saturated heterocycles. The van der Waals surface area contributed by atoms with Crippen LogP contribution in [-0.2, 0) is 13.0 Å². The molecule has 0 bridgehead atoms. The van der Waals surface area contributed by atoms with Crippen LogP contribution in [0.15, 0.2) is 18.2 Å². The summed E-state index contributed by atoms with van der Waals surface area (Å²) in [5.74, 6) is 5.28. The molecule has 0 atom stereocenters. The largest absolute Gasteiger partial charge is 0.384 e. The van der Waals surface area contributed by atoms with Crippen molar-refractivity contribution >= 4 is 5.69 Å². The lowest BCUT2D eigenvalue weighted by Crippen LogP contribution is -2.21. The van der Waals surface area contributed by atoms with Crippen LogP contribution in [0.5, 0.6) is 0 Å². The summed E-state index contributed by atoms with van der Waals surface area (Å²) in [6.07, 6.45) is 1.13. The summed E-state index contributed by atoms with van der Waals surface area (Å²) in [6, 6.07) is 6.34. The van der Waals surface area contributed by atoms with Gasteiger partial charge in [-0.1, -0.05) is 18.2 Å². The molecule has 3 nitrogen and oxygen atoms in total. The molecule has 64 valence electrons. The molecule has 0 aromatic heterocycles. The number of hydrogen-bond acceptors (Lipinski definition) is 3. The zero-order valence-corrected chi connectivity index (χ0v) is 6.93. The van der Waals surface area contributed by atoms with Crippen molar-refractivity contribution in [2.24, 2.45) is 5.84 Å². The molecular formula is C9H13N3. The third kappa shape index (κ3) is 1.17. The molecule has 0 saturated carbocycles. The Morgan fingerprint density at radius 1 is 1.50 bits per heavy atom. The SMILES string of the molecule is NNCc1cccc2c1NCC2. The molecule has 0 amide bonds. The molecule has 0 aliphatic carbocycles. The number of nitrogens with two attached hydrogens (primary N) is 1. The highest BCUT2D eigenvalue weighted by Gasteiger charge is 2.12. The Labute approximate surface area is 71.9 Å². The maximum absolute atomic E-state index is 5.28. The zero-order valence-electron chi connectivity index (χ0n) is 6.93. The summed E-state index contributed by atoms with van der Waals surface area (Å²) in [5, 5.41) is 3.36. The second kappa shape index (κ2) is 3.13. The van der Waals surface area contributed by atoms with E-state index < -0.39 is 0 Å². The van der Waals surface area contributed by atoms with Crippen molar-refractivity contribution in [3.63, 3.8) is 0 Å². The van der Waals surface area contributed by atoms with Gasteiger partial charge in [-0.15, -0.1) is 0 Å². The fourth-order valence-corrected chi connectivity index (χ4v) is 1.67. The van der Waals surface area contributed by atoms with E-state index in [9.17, 15) is 0 Å². The maximum Gasteiger partial charge on any atom is 0.0419 e. The molecule has 1 heterocycles. The van der Waals surface area contributed by atoms with Crippen LogP contribution in [0.3, 0.4) is 0 Å². The van der Waals surface area contributed by atoms with Gasteiger partial charge >= 0.3 is 0 Å². The highest BCUT2D eigenvalue weighted by molar-refractivity contribution is 5.61. The Hall–Kier alpha value is -1.06. The molecule has 1 aromatic rings. The van der Waals surface area contributed by atoms with Crippen LogP contribution in [-0.4, -0.2) is 6.54 Å². The normalized spacial score (nSPS) is 14.1. The lowest BCUT2D eigenvalue weighted by molar-refractivity contribution is 0.742. The fraction of sp³-hybridized carbons (Fsp3) is 0.333. The molecule has 4 N–H and O–H groups in total. The molecule has 2 rings (SSSR count). The number of rotatable bonds is 2. The molecule has 3 heteroatoms. The number of anilines is 1. The highest BCUT2D eigenvalue weighted by Crippen LogP contribution is 2.25. The number of hydrazine groups is 1. The minimum absolute atomic E-state index is 0.732. The van der Waals surface area contributed by atoms with Gasteiger partial charge in [-0.25, -0.2) is 0 Å². The Balaban J connectivity index is 2.36. The van der Waals surface area contributed by atoms with E-state index in [1.165, 1.54) is 16.8 Å². The van der Waals surface area contributed by atoms with E-state index >= 15 is 0 Å². The first kappa shape index (κ1) is 7.58. The number of hydrogen-bond donors (Lipinski definition) is 3. The quantitative estimate of drug-likeness (QED) is 0.442. The van der Waals surface area contributed by atoms with Gasteiger partial charge in [0, 0.05) is 18.8 Å². The number of para-hydroxylation sites is 1. The number of benzene rings is 1. The number of fused-ring (bicyclic) bond motifs is 1. The fourth-order valence-electron chi connectivity index (χ4n) is 1.67. The van der Waals surface area contributed by atoms with Crippen molar-refractivity contribution in [2.75, 3.05) is 11.9 Å². The van der Waals surface area contributed by atoms with Crippen LogP contribution < -0.4 is 16.6 Å². The minimum atomic E-state index is 0.732. The second-order valence-electron chi connectivity index (χ2n) is 3.01. The lowest BCUT2D eigenvalue weighted by atomic mass is 10.1. The van der Waals surface area contributed by atoms with E-state index in [1.807, 2.05) is 0 Å². The molecule has 0 spiro atoms. The van der Waals surface area contributed by atoms with Gasteiger partial charge in [0.15, 0.2) is 0 Å². The zero-order chi connectivity index (χ0) is 8.39. The third-order valence-electron chi connectivity index (χ3n) is 2.23. The van der Waals surface area contributed by atoms with E-state index in [4.69, 9.17) is 5.84 Å². The van der Waals surface area contributed by atoms with Gasteiger partial charge in [-0.05, 0) is 17.5 Å². The maximum atomic E-state index is 5.28. The van der Waals surface area contributed by atoms with Gasteiger partial charge in [0.1, 0.15) is 0 Å². The van der Waals surface area contributed by atoms with E-state index in [0.29, 0.717) is 0 Å². The Morgan fingerprint density at radius 3 is 3.25 bits per heavy atom. The van der Waals surface area contributed by atoms with Crippen molar-refractivity contribution < 1.29 is 0 Å².